The van der Waals surface area contributed by atoms with E-state index < -0.39 is 0 Å². The van der Waals surface area contributed by atoms with Gasteiger partial charge in [-0.05, 0) is 54.7 Å². The molecule has 0 N–H and O–H groups in total. The van der Waals surface area contributed by atoms with Crippen LogP contribution in [-0.4, -0.2) is 14.2 Å². The normalized spacial score (nSPS) is 11.9. The van der Waals surface area contributed by atoms with E-state index in [1.165, 1.54) is 11.1 Å². The molecule has 2 rings (SSSR count). The molecule has 0 heterocycles. The summed E-state index contributed by atoms with van der Waals surface area (Å²) in [6, 6.07) is 16.2. The van der Waals surface area contributed by atoms with E-state index in [-0.39, 0.29) is 5.92 Å². The summed E-state index contributed by atoms with van der Waals surface area (Å²) in [5.74, 6) is 1.95. The van der Waals surface area contributed by atoms with Crippen molar-refractivity contribution in [2.45, 2.75) is 12.3 Å². The van der Waals surface area contributed by atoms with Crippen molar-refractivity contribution >= 4 is 0 Å². The first-order chi connectivity index (χ1) is 9.22. The second kappa shape index (κ2) is 6.28. The maximum Gasteiger partial charge on any atom is 0.119 e. The molecule has 0 spiro atoms. The molecule has 1 unspecified atom stereocenters. The second-order valence-corrected chi connectivity index (χ2v) is 4.53. The van der Waals surface area contributed by atoms with Crippen LogP contribution in [-0.2, 0) is 6.42 Å². The number of ether oxygens (including phenoxy) is 2. The molecule has 0 bridgehead atoms. The Kier molecular flexibility index (Phi) is 4.45. The molecule has 2 heteroatoms. The summed E-state index contributed by atoms with van der Waals surface area (Å²) in [5.41, 5.74) is 2.41. The predicted octanol–water partition coefficient (Wildman–Crippen LogP) is 3.86. The van der Waals surface area contributed by atoms with Gasteiger partial charge in [-0.3, -0.25) is 0 Å². The number of hydrogen-bond acceptors (Lipinski definition) is 2. The average Bonchev–Trinajstić information content (AvgIpc) is 2.47. The minimum absolute atomic E-state index is 0.196. The number of hydrogen-bond donors (Lipinski definition) is 0. The Morgan fingerprint density at radius 3 is 2.26 bits per heavy atom. The molecule has 0 amide bonds. The number of methoxy groups -OCH3 is 2. The Hall–Kier alpha value is -1.96. The molecule has 1 atom stereocenters. The van der Waals surface area contributed by atoms with Crippen molar-refractivity contribution in [1.29, 1.82) is 0 Å². The summed E-state index contributed by atoms with van der Waals surface area (Å²) in [5, 5.41) is 0. The Balaban J connectivity index is 2.13. The maximum absolute atomic E-state index is 5.24. The molecule has 2 aromatic rings. The highest BCUT2D eigenvalue weighted by molar-refractivity contribution is 5.34. The highest BCUT2D eigenvalue weighted by Gasteiger charge is 2.08. The quantitative estimate of drug-likeness (QED) is 0.807. The third kappa shape index (κ3) is 3.50. The third-order valence-corrected chi connectivity index (χ3v) is 3.18. The van der Waals surface area contributed by atoms with E-state index in [1.807, 2.05) is 30.3 Å². The first-order valence-corrected chi connectivity index (χ1v) is 6.33. The lowest BCUT2D eigenvalue weighted by atomic mass is 9.93. The smallest absolute Gasteiger partial charge is 0.119 e. The zero-order valence-electron chi connectivity index (χ0n) is 11.4. The first-order valence-electron chi connectivity index (χ1n) is 6.33. The van der Waals surface area contributed by atoms with Gasteiger partial charge >= 0.3 is 0 Å². The molecule has 2 nitrogen and oxygen atoms in total. The molecule has 2 aromatic carbocycles. The van der Waals surface area contributed by atoms with Crippen LogP contribution in [0.3, 0.4) is 0 Å². The van der Waals surface area contributed by atoms with Crippen molar-refractivity contribution < 1.29 is 9.47 Å². The Morgan fingerprint density at radius 1 is 0.947 bits per heavy atom. The Labute approximate surface area is 115 Å². The second-order valence-electron chi connectivity index (χ2n) is 4.53. The van der Waals surface area contributed by atoms with E-state index in [9.17, 15) is 0 Å². The van der Waals surface area contributed by atoms with Crippen molar-refractivity contribution in [3.63, 3.8) is 0 Å². The lowest BCUT2D eigenvalue weighted by Gasteiger charge is -2.13. The molecule has 0 aliphatic rings. The fourth-order valence-electron chi connectivity index (χ4n) is 2.10. The molecule has 0 saturated carbocycles. The summed E-state index contributed by atoms with van der Waals surface area (Å²) in [4.78, 5) is 0. The SMILES string of the molecule is [CH2]C(Cc1cccc(OC)c1)c1cccc(OC)c1. The van der Waals surface area contributed by atoms with E-state index in [0.29, 0.717) is 0 Å². The highest BCUT2D eigenvalue weighted by Crippen LogP contribution is 2.24. The molecule has 0 aliphatic carbocycles. The molecule has 0 fully saturated rings. The Morgan fingerprint density at radius 2 is 1.58 bits per heavy atom. The minimum Gasteiger partial charge on any atom is -0.497 e. The summed E-state index contributed by atoms with van der Waals surface area (Å²) in [6.45, 7) is 4.24. The van der Waals surface area contributed by atoms with Gasteiger partial charge in [-0.15, -0.1) is 0 Å². The van der Waals surface area contributed by atoms with Gasteiger partial charge in [0.05, 0.1) is 14.2 Å². The van der Waals surface area contributed by atoms with E-state index in [0.717, 1.165) is 17.9 Å². The van der Waals surface area contributed by atoms with Crippen LogP contribution < -0.4 is 9.47 Å². The molecule has 99 valence electrons. The van der Waals surface area contributed by atoms with Gasteiger partial charge in [-0.2, -0.15) is 0 Å². The van der Waals surface area contributed by atoms with Crippen LogP contribution in [0.1, 0.15) is 17.0 Å². The van der Waals surface area contributed by atoms with Gasteiger partial charge in [0.25, 0.3) is 0 Å². The van der Waals surface area contributed by atoms with Crippen LogP contribution in [0.2, 0.25) is 0 Å². The van der Waals surface area contributed by atoms with E-state index >= 15 is 0 Å². The molecular weight excluding hydrogens is 236 g/mol. The number of benzene rings is 2. The van der Waals surface area contributed by atoms with E-state index in [4.69, 9.17) is 9.47 Å². The van der Waals surface area contributed by atoms with Gasteiger partial charge in [0.15, 0.2) is 0 Å². The summed E-state index contributed by atoms with van der Waals surface area (Å²) < 4.78 is 10.5. The molecule has 0 aliphatic heterocycles. The van der Waals surface area contributed by atoms with Crippen LogP contribution in [0, 0.1) is 6.92 Å². The summed E-state index contributed by atoms with van der Waals surface area (Å²) in [6.07, 6.45) is 0.879. The molecule has 19 heavy (non-hydrogen) atoms. The standard InChI is InChI=1S/C17H19O2/c1-13(15-7-5-9-17(12-15)19-3)10-14-6-4-8-16(11-14)18-2/h4-9,11-13H,1,10H2,2-3H3. The van der Waals surface area contributed by atoms with Crippen LogP contribution >= 0.6 is 0 Å². The average molecular weight is 255 g/mol. The van der Waals surface area contributed by atoms with Gasteiger partial charge in [0.2, 0.25) is 0 Å². The number of rotatable bonds is 5. The van der Waals surface area contributed by atoms with E-state index in [1.54, 1.807) is 14.2 Å². The zero-order valence-corrected chi connectivity index (χ0v) is 11.4. The van der Waals surface area contributed by atoms with Gasteiger partial charge in [0, 0.05) is 0 Å². The molecule has 1 radical (unpaired) electrons. The monoisotopic (exact) mass is 255 g/mol. The lowest BCUT2D eigenvalue weighted by molar-refractivity contribution is 0.413. The highest BCUT2D eigenvalue weighted by atomic mass is 16.5. The molecule has 0 saturated heterocycles. The fourth-order valence-corrected chi connectivity index (χ4v) is 2.10. The van der Waals surface area contributed by atoms with E-state index in [2.05, 4.69) is 25.1 Å². The van der Waals surface area contributed by atoms with Crippen LogP contribution in [0.25, 0.3) is 0 Å². The third-order valence-electron chi connectivity index (χ3n) is 3.18. The van der Waals surface area contributed by atoms with Gasteiger partial charge < -0.3 is 9.47 Å². The topological polar surface area (TPSA) is 18.5 Å². The van der Waals surface area contributed by atoms with Crippen molar-refractivity contribution in [2.75, 3.05) is 14.2 Å². The van der Waals surface area contributed by atoms with Gasteiger partial charge in [-0.25, -0.2) is 0 Å². The molecular formula is C17H19O2. The van der Waals surface area contributed by atoms with Crippen molar-refractivity contribution in [3.05, 3.63) is 66.6 Å². The maximum atomic E-state index is 5.24. The van der Waals surface area contributed by atoms with Crippen LogP contribution in [0.15, 0.2) is 48.5 Å². The lowest BCUT2D eigenvalue weighted by Crippen LogP contribution is -1.99. The fraction of sp³-hybridized carbons (Fsp3) is 0.235. The largest absolute Gasteiger partial charge is 0.497 e. The predicted molar refractivity (Wildman–Crippen MR) is 77.8 cm³/mol. The Bertz CT molecular complexity index is 534. The minimum atomic E-state index is 0.196. The van der Waals surface area contributed by atoms with Crippen LogP contribution in [0.4, 0.5) is 0 Å². The van der Waals surface area contributed by atoms with Gasteiger partial charge in [-0.1, -0.05) is 24.3 Å². The van der Waals surface area contributed by atoms with Crippen LogP contribution in [0.5, 0.6) is 11.5 Å². The summed E-state index contributed by atoms with van der Waals surface area (Å²) in [7, 11) is 3.36. The first kappa shape index (κ1) is 13.5. The van der Waals surface area contributed by atoms with Crippen molar-refractivity contribution in [2.24, 2.45) is 0 Å². The van der Waals surface area contributed by atoms with Crippen molar-refractivity contribution in [1.82, 2.24) is 0 Å². The zero-order chi connectivity index (χ0) is 13.7. The summed E-state index contributed by atoms with van der Waals surface area (Å²) >= 11 is 0. The van der Waals surface area contributed by atoms with Crippen molar-refractivity contribution in [3.8, 4) is 11.5 Å². The van der Waals surface area contributed by atoms with Gasteiger partial charge in [0.1, 0.15) is 11.5 Å². The molecule has 0 aromatic heterocycles.